The molecule has 1 atom stereocenters. The van der Waals surface area contributed by atoms with E-state index in [0.29, 0.717) is 17.3 Å². The van der Waals surface area contributed by atoms with Gasteiger partial charge in [-0.25, -0.2) is 0 Å². The maximum atomic E-state index is 12.4. The van der Waals surface area contributed by atoms with E-state index in [4.69, 9.17) is 11.6 Å². The third-order valence-corrected chi connectivity index (χ3v) is 3.95. The van der Waals surface area contributed by atoms with Crippen LogP contribution in [0.3, 0.4) is 0 Å². The monoisotopic (exact) mass is 340 g/mol. The van der Waals surface area contributed by atoms with Gasteiger partial charge in [-0.05, 0) is 24.6 Å². The van der Waals surface area contributed by atoms with Gasteiger partial charge < -0.3 is 10.6 Å². The number of rotatable bonds is 3. The molecule has 0 radical (unpaired) electrons. The molecule has 1 aliphatic rings. The fourth-order valence-electron chi connectivity index (χ4n) is 2.54. The van der Waals surface area contributed by atoms with E-state index in [1.165, 1.54) is 0 Å². The lowest BCUT2D eigenvalue weighted by Crippen LogP contribution is -2.30. The lowest BCUT2D eigenvalue weighted by atomic mass is 10.1. The Bertz CT molecular complexity index is 671. The zero-order chi connectivity index (χ0) is 14.8. The Kier molecular flexibility index (Phi) is 5.45. The van der Waals surface area contributed by atoms with Gasteiger partial charge >= 0.3 is 0 Å². The standard InChI is InChI=1S/C15H17ClN4O.ClH/c1-9(10-3-2-4-11(16)7-10)18-15(21)14-12-8-17-6-5-13(12)19-20-14;/h2-4,7,9,17H,5-6,8H2,1H3,(H,18,21)(H,19,20);1H. The average Bonchev–Trinajstić information content (AvgIpc) is 2.91. The Balaban J connectivity index is 0.00000176. The van der Waals surface area contributed by atoms with E-state index in [-0.39, 0.29) is 24.4 Å². The number of hydrogen-bond acceptors (Lipinski definition) is 3. The summed E-state index contributed by atoms with van der Waals surface area (Å²) in [7, 11) is 0. The molecule has 0 fully saturated rings. The molecule has 1 amide bonds. The fourth-order valence-corrected chi connectivity index (χ4v) is 2.74. The maximum absolute atomic E-state index is 12.4. The van der Waals surface area contributed by atoms with Crippen molar-refractivity contribution in [3.05, 3.63) is 51.8 Å². The zero-order valence-corrected chi connectivity index (χ0v) is 13.7. The minimum absolute atomic E-state index is 0. The first kappa shape index (κ1) is 16.8. The molecule has 1 aromatic carbocycles. The number of aromatic amines is 1. The molecule has 0 spiro atoms. The Hall–Kier alpha value is -1.56. The fraction of sp³-hybridized carbons (Fsp3) is 0.333. The van der Waals surface area contributed by atoms with Gasteiger partial charge in [0.15, 0.2) is 5.69 Å². The molecule has 22 heavy (non-hydrogen) atoms. The Morgan fingerprint density at radius 2 is 2.27 bits per heavy atom. The number of halogens is 2. The normalized spacial score (nSPS) is 14.6. The third kappa shape index (κ3) is 3.43. The van der Waals surface area contributed by atoms with E-state index in [9.17, 15) is 4.79 Å². The minimum atomic E-state index is -0.163. The van der Waals surface area contributed by atoms with E-state index >= 15 is 0 Å². The Labute approximate surface area is 140 Å². The minimum Gasteiger partial charge on any atom is -0.344 e. The number of fused-ring (bicyclic) bond motifs is 1. The van der Waals surface area contributed by atoms with Crippen molar-refractivity contribution in [2.75, 3.05) is 6.54 Å². The van der Waals surface area contributed by atoms with Crippen LogP contribution < -0.4 is 10.6 Å². The van der Waals surface area contributed by atoms with Crippen molar-refractivity contribution in [1.29, 1.82) is 0 Å². The van der Waals surface area contributed by atoms with Crippen molar-refractivity contribution < 1.29 is 4.79 Å². The lowest BCUT2D eigenvalue weighted by Gasteiger charge is -2.16. The summed E-state index contributed by atoms with van der Waals surface area (Å²) in [6, 6.07) is 7.36. The van der Waals surface area contributed by atoms with Gasteiger partial charge in [-0.3, -0.25) is 9.89 Å². The molecule has 0 aliphatic carbocycles. The molecule has 0 saturated heterocycles. The van der Waals surface area contributed by atoms with E-state index in [0.717, 1.165) is 29.8 Å². The molecular weight excluding hydrogens is 323 g/mol. The van der Waals surface area contributed by atoms with Gasteiger partial charge in [-0.15, -0.1) is 12.4 Å². The molecule has 2 heterocycles. The van der Waals surface area contributed by atoms with Crippen molar-refractivity contribution in [3.8, 4) is 0 Å². The Morgan fingerprint density at radius 1 is 1.45 bits per heavy atom. The highest BCUT2D eigenvalue weighted by Gasteiger charge is 2.22. The number of amides is 1. The molecule has 1 unspecified atom stereocenters. The van der Waals surface area contributed by atoms with Crippen LogP contribution in [0.2, 0.25) is 5.02 Å². The first-order valence-corrected chi connectivity index (χ1v) is 7.36. The van der Waals surface area contributed by atoms with Crippen LogP contribution in [0, 0.1) is 0 Å². The van der Waals surface area contributed by atoms with Gasteiger partial charge in [0, 0.05) is 35.8 Å². The number of aromatic nitrogens is 2. The van der Waals surface area contributed by atoms with Crippen LogP contribution in [0.25, 0.3) is 0 Å². The second-order valence-corrected chi connectivity index (χ2v) is 5.64. The van der Waals surface area contributed by atoms with Crippen LogP contribution >= 0.6 is 24.0 Å². The topological polar surface area (TPSA) is 69.8 Å². The van der Waals surface area contributed by atoms with E-state index in [1.807, 2.05) is 31.2 Å². The second-order valence-electron chi connectivity index (χ2n) is 5.21. The first-order valence-electron chi connectivity index (χ1n) is 6.98. The predicted octanol–water partition coefficient (Wildman–Crippen LogP) is 2.62. The van der Waals surface area contributed by atoms with Crippen LogP contribution in [0.5, 0.6) is 0 Å². The second kappa shape index (κ2) is 7.13. The number of carbonyl (C=O) groups is 1. The van der Waals surface area contributed by atoms with Gasteiger partial charge in [0.2, 0.25) is 0 Å². The molecule has 5 nitrogen and oxygen atoms in total. The van der Waals surface area contributed by atoms with Crippen LogP contribution in [-0.4, -0.2) is 22.6 Å². The molecule has 1 aliphatic heterocycles. The van der Waals surface area contributed by atoms with E-state index in [1.54, 1.807) is 0 Å². The Morgan fingerprint density at radius 3 is 3.05 bits per heavy atom. The summed E-state index contributed by atoms with van der Waals surface area (Å²) in [5, 5.41) is 14.0. The summed E-state index contributed by atoms with van der Waals surface area (Å²) in [4.78, 5) is 12.4. The quantitative estimate of drug-likeness (QED) is 0.804. The van der Waals surface area contributed by atoms with Gasteiger partial charge in [-0.2, -0.15) is 5.10 Å². The number of nitrogens with one attached hydrogen (secondary N) is 3. The summed E-state index contributed by atoms with van der Waals surface area (Å²) in [6.07, 6.45) is 0.874. The summed E-state index contributed by atoms with van der Waals surface area (Å²) >= 11 is 5.98. The van der Waals surface area contributed by atoms with Gasteiger partial charge in [0.1, 0.15) is 0 Å². The van der Waals surface area contributed by atoms with Gasteiger partial charge in [0.05, 0.1) is 6.04 Å². The number of hydrogen-bond donors (Lipinski definition) is 3. The van der Waals surface area contributed by atoms with Crippen molar-refractivity contribution >= 4 is 29.9 Å². The summed E-state index contributed by atoms with van der Waals surface area (Å²) in [5.41, 5.74) is 3.47. The van der Waals surface area contributed by atoms with Crippen molar-refractivity contribution in [1.82, 2.24) is 20.8 Å². The number of H-pyrrole nitrogens is 1. The van der Waals surface area contributed by atoms with Crippen LogP contribution in [0.15, 0.2) is 24.3 Å². The smallest absolute Gasteiger partial charge is 0.272 e. The molecule has 118 valence electrons. The predicted molar refractivity (Wildman–Crippen MR) is 88.6 cm³/mol. The highest BCUT2D eigenvalue weighted by molar-refractivity contribution is 6.30. The molecule has 0 saturated carbocycles. The van der Waals surface area contributed by atoms with Crippen LogP contribution in [0.4, 0.5) is 0 Å². The largest absolute Gasteiger partial charge is 0.344 e. The molecule has 7 heteroatoms. The van der Waals surface area contributed by atoms with Crippen LogP contribution in [-0.2, 0) is 13.0 Å². The third-order valence-electron chi connectivity index (χ3n) is 3.72. The molecule has 3 rings (SSSR count). The SMILES string of the molecule is CC(NC(=O)c1n[nH]c2c1CNCC2)c1cccc(Cl)c1.Cl. The van der Waals surface area contributed by atoms with Crippen molar-refractivity contribution in [2.24, 2.45) is 0 Å². The number of benzene rings is 1. The zero-order valence-electron chi connectivity index (χ0n) is 12.1. The molecule has 0 bridgehead atoms. The summed E-state index contributed by atoms with van der Waals surface area (Å²) in [5.74, 6) is -0.163. The summed E-state index contributed by atoms with van der Waals surface area (Å²) in [6.45, 7) is 3.52. The number of carbonyl (C=O) groups excluding carboxylic acids is 1. The highest BCUT2D eigenvalue weighted by atomic mass is 35.5. The van der Waals surface area contributed by atoms with Crippen molar-refractivity contribution in [2.45, 2.75) is 25.9 Å². The molecule has 3 N–H and O–H groups in total. The maximum Gasteiger partial charge on any atom is 0.272 e. The highest BCUT2D eigenvalue weighted by Crippen LogP contribution is 2.19. The first-order chi connectivity index (χ1) is 10.1. The molecule has 2 aromatic rings. The van der Waals surface area contributed by atoms with E-state index in [2.05, 4.69) is 20.8 Å². The molecule has 1 aromatic heterocycles. The molecular formula is C15H18Cl2N4O. The van der Waals surface area contributed by atoms with Gasteiger partial charge in [0.25, 0.3) is 5.91 Å². The average molecular weight is 341 g/mol. The lowest BCUT2D eigenvalue weighted by molar-refractivity contribution is 0.0933. The van der Waals surface area contributed by atoms with Crippen molar-refractivity contribution in [3.63, 3.8) is 0 Å². The van der Waals surface area contributed by atoms with E-state index < -0.39 is 0 Å². The van der Waals surface area contributed by atoms with Gasteiger partial charge in [-0.1, -0.05) is 23.7 Å². The summed E-state index contributed by atoms with van der Waals surface area (Å²) < 4.78 is 0. The number of nitrogens with zero attached hydrogens (tertiary/aromatic N) is 1. The van der Waals surface area contributed by atoms with Crippen LogP contribution in [0.1, 0.15) is 40.3 Å².